The molecule has 4 rings (SSSR count). The van der Waals surface area contributed by atoms with E-state index in [1.54, 1.807) is 19.4 Å². The number of ether oxygens (including phenoxy) is 1. The fourth-order valence-electron chi connectivity index (χ4n) is 3.91. The molecule has 0 spiro atoms. The van der Waals surface area contributed by atoms with Crippen LogP contribution in [0, 0.1) is 5.82 Å². The lowest BCUT2D eigenvalue weighted by atomic mass is 9.91. The summed E-state index contributed by atoms with van der Waals surface area (Å²) in [5, 5.41) is 7.02. The third-order valence-electron chi connectivity index (χ3n) is 5.54. The number of hydrogen-bond acceptors (Lipinski definition) is 7. The molecule has 1 aromatic carbocycles. The van der Waals surface area contributed by atoms with Crippen molar-refractivity contribution in [3.63, 3.8) is 0 Å². The van der Waals surface area contributed by atoms with Crippen molar-refractivity contribution in [1.82, 2.24) is 9.97 Å². The fourth-order valence-corrected chi connectivity index (χ4v) is 3.91. The molecule has 0 saturated heterocycles. The van der Waals surface area contributed by atoms with E-state index in [0.29, 0.717) is 17.0 Å². The highest BCUT2D eigenvalue weighted by molar-refractivity contribution is 5.99. The van der Waals surface area contributed by atoms with Gasteiger partial charge in [-0.15, -0.1) is 0 Å². The summed E-state index contributed by atoms with van der Waals surface area (Å²) in [4.78, 5) is 20.6. The Balaban J connectivity index is 1.71. The van der Waals surface area contributed by atoms with E-state index in [1.807, 2.05) is 18.2 Å². The molecule has 6 N–H and O–H groups in total. The number of fused-ring (bicyclic) bond motifs is 1. The Morgan fingerprint density at radius 1 is 1.23 bits per heavy atom. The molecule has 0 bridgehead atoms. The van der Waals surface area contributed by atoms with Gasteiger partial charge in [-0.1, -0.05) is 18.9 Å². The van der Waals surface area contributed by atoms with Crippen molar-refractivity contribution >= 4 is 34.1 Å². The van der Waals surface area contributed by atoms with Crippen molar-refractivity contribution in [2.24, 2.45) is 11.5 Å². The van der Waals surface area contributed by atoms with Gasteiger partial charge in [0.05, 0.1) is 12.7 Å². The molecule has 2 atom stereocenters. The van der Waals surface area contributed by atoms with E-state index in [1.165, 1.54) is 0 Å². The molecule has 2 aromatic heterocycles. The number of methoxy groups -OCH3 is 1. The first-order chi connectivity index (χ1) is 15.0. The summed E-state index contributed by atoms with van der Waals surface area (Å²) >= 11 is 0. The van der Waals surface area contributed by atoms with Crippen LogP contribution in [0.4, 0.5) is 21.7 Å². The topological polar surface area (TPSA) is 128 Å². The molecule has 9 heteroatoms. The average Bonchev–Trinajstić information content (AvgIpc) is 2.76. The van der Waals surface area contributed by atoms with E-state index < -0.39 is 11.7 Å². The number of carbonyl (C=O) groups is 1. The fraction of sp³-hybridized carbons (Fsp3) is 0.318. The summed E-state index contributed by atoms with van der Waals surface area (Å²) in [5.74, 6) is -0.716. The van der Waals surface area contributed by atoms with E-state index >= 15 is 0 Å². The second kappa shape index (κ2) is 8.73. The standard InChI is InChI=1S/C22H25FN6O2/c1-31-18-10-13(9-12-5-4-8-26-19(12)18)27-21-14(20(25)30)11-15(23)22(29-21)28-17-7-3-2-6-16(17)24/h4-5,8-11,16-17H,2-3,6-7,24H2,1H3,(H2,25,30)(H2,27,28,29)/t16?,17-/m1/s1. The Bertz CT molecular complexity index is 1120. The van der Waals surface area contributed by atoms with Crippen molar-refractivity contribution in [3.05, 3.63) is 47.9 Å². The van der Waals surface area contributed by atoms with Gasteiger partial charge in [0, 0.05) is 35.4 Å². The first-order valence-corrected chi connectivity index (χ1v) is 10.2. The molecule has 1 fully saturated rings. The number of benzene rings is 1. The van der Waals surface area contributed by atoms with E-state index in [-0.39, 0.29) is 29.3 Å². The van der Waals surface area contributed by atoms with Crippen LogP contribution in [-0.4, -0.2) is 35.1 Å². The third kappa shape index (κ3) is 4.36. The summed E-state index contributed by atoms with van der Waals surface area (Å²) in [6.45, 7) is 0. The van der Waals surface area contributed by atoms with Crippen LogP contribution in [0.15, 0.2) is 36.5 Å². The lowest BCUT2D eigenvalue weighted by Crippen LogP contribution is -2.43. The Labute approximate surface area is 179 Å². The molecule has 0 radical (unpaired) electrons. The number of carbonyl (C=O) groups excluding carboxylic acids is 1. The molecule has 8 nitrogen and oxygen atoms in total. The zero-order valence-electron chi connectivity index (χ0n) is 17.2. The highest BCUT2D eigenvalue weighted by Crippen LogP contribution is 2.31. The number of nitrogens with two attached hydrogens (primary N) is 2. The Kier molecular flexibility index (Phi) is 5.85. The van der Waals surface area contributed by atoms with Gasteiger partial charge in [0.25, 0.3) is 5.91 Å². The van der Waals surface area contributed by atoms with Crippen LogP contribution in [0.25, 0.3) is 10.9 Å². The first-order valence-electron chi connectivity index (χ1n) is 10.2. The molecule has 31 heavy (non-hydrogen) atoms. The van der Waals surface area contributed by atoms with Crippen LogP contribution in [0.5, 0.6) is 5.75 Å². The van der Waals surface area contributed by atoms with E-state index in [4.69, 9.17) is 16.2 Å². The number of hydrogen-bond donors (Lipinski definition) is 4. The van der Waals surface area contributed by atoms with Gasteiger partial charge in [-0.25, -0.2) is 9.37 Å². The first kappa shape index (κ1) is 20.8. The lowest BCUT2D eigenvalue weighted by Gasteiger charge is -2.30. The van der Waals surface area contributed by atoms with Gasteiger partial charge in [-0.2, -0.15) is 0 Å². The van der Waals surface area contributed by atoms with Crippen molar-refractivity contribution in [2.75, 3.05) is 17.7 Å². The summed E-state index contributed by atoms with van der Waals surface area (Å²) in [5.41, 5.74) is 12.9. The monoisotopic (exact) mass is 424 g/mol. The molecule has 162 valence electrons. The zero-order chi connectivity index (χ0) is 22.0. The molecular weight excluding hydrogens is 399 g/mol. The van der Waals surface area contributed by atoms with Crippen LogP contribution in [-0.2, 0) is 0 Å². The number of halogens is 1. The number of aromatic nitrogens is 2. The van der Waals surface area contributed by atoms with Crippen LogP contribution in [0.1, 0.15) is 36.0 Å². The molecule has 1 aliphatic rings. The Morgan fingerprint density at radius 2 is 2.03 bits per heavy atom. The quantitative estimate of drug-likeness (QED) is 0.478. The van der Waals surface area contributed by atoms with Gasteiger partial charge in [0.15, 0.2) is 11.6 Å². The predicted molar refractivity (Wildman–Crippen MR) is 118 cm³/mol. The maximum absolute atomic E-state index is 14.7. The maximum atomic E-state index is 14.7. The second-order valence-electron chi connectivity index (χ2n) is 7.66. The number of amides is 1. The molecule has 2 heterocycles. The summed E-state index contributed by atoms with van der Waals surface area (Å²) in [6.07, 6.45) is 5.45. The van der Waals surface area contributed by atoms with Crippen LogP contribution < -0.4 is 26.8 Å². The van der Waals surface area contributed by atoms with E-state index in [0.717, 1.165) is 37.1 Å². The maximum Gasteiger partial charge on any atom is 0.252 e. The molecular formula is C22H25FN6O2. The van der Waals surface area contributed by atoms with Gasteiger partial charge >= 0.3 is 0 Å². The number of pyridine rings is 2. The lowest BCUT2D eigenvalue weighted by molar-refractivity contribution is 0.100. The minimum absolute atomic E-state index is 0.0317. The largest absolute Gasteiger partial charge is 0.494 e. The Morgan fingerprint density at radius 3 is 2.77 bits per heavy atom. The minimum Gasteiger partial charge on any atom is -0.494 e. The average molecular weight is 424 g/mol. The summed E-state index contributed by atoms with van der Waals surface area (Å²) in [7, 11) is 1.55. The van der Waals surface area contributed by atoms with Crippen LogP contribution in [0.2, 0.25) is 0 Å². The van der Waals surface area contributed by atoms with Gasteiger partial charge in [-0.3, -0.25) is 9.78 Å². The molecule has 1 amide bonds. The second-order valence-corrected chi connectivity index (χ2v) is 7.66. The van der Waals surface area contributed by atoms with Crippen molar-refractivity contribution in [2.45, 2.75) is 37.8 Å². The SMILES string of the molecule is COc1cc(Nc2nc(N[C@@H]3CCCCC3N)c(F)cc2C(N)=O)cc2cccnc12. The normalized spacial score (nSPS) is 18.5. The van der Waals surface area contributed by atoms with E-state index in [2.05, 4.69) is 20.6 Å². The molecule has 1 aliphatic carbocycles. The van der Waals surface area contributed by atoms with Crippen molar-refractivity contribution in [3.8, 4) is 5.75 Å². The number of nitrogens with one attached hydrogen (secondary N) is 2. The minimum atomic E-state index is -0.788. The molecule has 1 unspecified atom stereocenters. The number of nitrogens with zero attached hydrogens (tertiary/aromatic N) is 2. The Hall–Kier alpha value is -3.46. The van der Waals surface area contributed by atoms with E-state index in [9.17, 15) is 9.18 Å². The van der Waals surface area contributed by atoms with Gasteiger partial charge in [0.2, 0.25) is 0 Å². The highest BCUT2D eigenvalue weighted by atomic mass is 19.1. The van der Waals surface area contributed by atoms with Crippen LogP contribution in [0.3, 0.4) is 0 Å². The summed E-state index contributed by atoms with van der Waals surface area (Å²) < 4.78 is 20.1. The van der Waals surface area contributed by atoms with Crippen molar-refractivity contribution in [1.29, 1.82) is 0 Å². The smallest absolute Gasteiger partial charge is 0.252 e. The molecule has 0 aliphatic heterocycles. The summed E-state index contributed by atoms with van der Waals surface area (Å²) in [6, 6.07) is 8.19. The molecule has 1 saturated carbocycles. The number of primary amides is 1. The number of rotatable bonds is 6. The number of anilines is 3. The van der Waals surface area contributed by atoms with Gasteiger partial charge < -0.3 is 26.8 Å². The highest BCUT2D eigenvalue weighted by Gasteiger charge is 2.24. The molecule has 3 aromatic rings. The van der Waals surface area contributed by atoms with Gasteiger partial charge in [0.1, 0.15) is 17.1 Å². The third-order valence-corrected chi connectivity index (χ3v) is 5.54. The van der Waals surface area contributed by atoms with Crippen molar-refractivity contribution < 1.29 is 13.9 Å². The van der Waals surface area contributed by atoms with Crippen LogP contribution >= 0.6 is 0 Å². The van der Waals surface area contributed by atoms with Gasteiger partial charge in [-0.05, 0) is 31.0 Å². The zero-order valence-corrected chi connectivity index (χ0v) is 17.2. The predicted octanol–water partition coefficient (Wildman–Crippen LogP) is 3.30.